The van der Waals surface area contributed by atoms with Gasteiger partial charge in [-0.15, -0.1) is 0 Å². The molecule has 0 aromatic carbocycles. The van der Waals surface area contributed by atoms with Gasteiger partial charge < -0.3 is 10.1 Å². The lowest BCUT2D eigenvalue weighted by Gasteiger charge is -2.22. The van der Waals surface area contributed by atoms with E-state index in [1.807, 2.05) is 6.92 Å². The molecule has 15 heavy (non-hydrogen) atoms. The molecule has 0 aliphatic heterocycles. The zero-order chi connectivity index (χ0) is 11.9. The molecule has 0 rings (SSSR count). The summed E-state index contributed by atoms with van der Waals surface area (Å²) in [4.78, 5) is 0. The van der Waals surface area contributed by atoms with Gasteiger partial charge in [0.05, 0.1) is 5.60 Å². The minimum atomic E-state index is -0.699. The van der Waals surface area contributed by atoms with Gasteiger partial charge in [-0.2, -0.15) is 0 Å². The first kappa shape index (κ1) is 15.1. The van der Waals surface area contributed by atoms with Crippen LogP contribution in [0.5, 0.6) is 0 Å². The van der Waals surface area contributed by atoms with Crippen molar-refractivity contribution in [1.82, 2.24) is 5.32 Å². The number of hydrogen-bond donors (Lipinski definition) is 1. The fraction of sp³-hybridized carbons (Fsp3) is 1.00. The summed E-state index contributed by atoms with van der Waals surface area (Å²) in [5, 5.41) is 3.63. The first-order valence-electron chi connectivity index (χ1n) is 5.47. The summed E-state index contributed by atoms with van der Waals surface area (Å²) in [6.45, 7) is 8.07. The first-order valence-corrected chi connectivity index (χ1v) is 7.09. The Balaban J connectivity index is 3.44. The van der Waals surface area contributed by atoms with Crippen LogP contribution in [-0.4, -0.2) is 41.5 Å². The van der Waals surface area contributed by atoms with Crippen molar-refractivity contribution in [2.75, 3.05) is 26.5 Å². The van der Waals surface area contributed by atoms with Crippen molar-refractivity contribution in [1.29, 1.82) is 0 Å². The van der Waals surface area contributed by atoms with Crippen LogP contribution in [-0.2, 0) is 15.5 Å². The van der Waals surface area contributed by atoms with Crippen LogP contribution in [0.15, 0.2) is 0 Å². The lowest BCUT2D eigenvalue weighted by Crippen LogP contribution is -2.30. The Morgan fingerprint density at radius 2 is 2.00 bits per heavy atom. The molecule has 2 atom stereocenters. The molecule has 0 spiro atoms. The number of rotatable bonds is 8. The second-order valence-electron chi connectivity index (χ2n) is 4.56. The fourth-order valence-corrected chi connectivity index (χ4v) is 1.54. The van der Waals surface area contributed by atoms with Crippen LogP contribution >= 0.6 is 0 Å². The molecular weight excluding hydrogens is 210 g/mol. The van der Waals surface area contributed by atoms with Crippen molar-refractivity contribution >= 4 is 10.8 Å². The van der Waals surface area contributed by atoms with Crippen LogP contribution in [0.4, 0.5) is 0 Å². The highest BCUT2D eigenvalue weighted by Gasteiger charge is 2.15. The van der Waals surface area contributed by atoms with Crippen molar-refractivity contribution in [3.05, 3.63) is 0 Å². The second-order valence-corrected chi connectivity index (χ2v) is 6.36. The van der Waals surface area contributed by atoms with Crippen molar-refractivity contribution in [3.8, 4) is 0 Å². The summed E-state index contributed by atoms with van der Waals surface area (Å²) in [6, 6.07) is 0. The molecule has 0 saturated heterocycles. The molecule has 0 aromatic heterocycles. The van der Waals surface area contributed by atoms with E-state index in [-0.39, 0.29) is 10.9 Å². The molecule has 0 saturated carbocycles. The lowest BCUT2D eigenvalue weighted by molar-refractivity contribution is 0.0159. The third kappa shape index (κ3) is 7.94. The van der Waals surface area contributed by atoms with Gasteiger partial charge in [0, 0.05) is 29.4 Å². The predicted octanol–water partition coefficient (Wildman–Crippen LogP) is 1.55. The molecule has 0 amide bonds. The van der Waals surface area contributed by atoms with Gasteiger partial charge in [0.2, 0.25) is 0 Å². The predicted molar refractivity (Wildman–Crippen MR) is 66.7 cm³/mol. The maximum atomic E-state index is 11.1. The molecule has 0 heterocycles. The molecule has 4 heteroatoms. The molecule has 0 fully saturated rings. The molecule has 0 aliphatic rings. The van der Waals surface area contributed by atoms with E-state index in [2.05, 4.69) is 19.2 Å². The molecule has 92 valence electrons. The van der Waals surface area contributed by atoms with Gasteiger partial charge in [-0.05, 0) is 39.8 Å². The highest BCUT2D eigenvalue weighted by Crippen LogP contribution is 2.11. The van der Waals surface area contributed by atoms with Crippen LogP contribution in [0, 0.1) is 0 Å². The first-order chi connectivity index (χ1) is 6.89. The quantitative estimate of drug-likeness (QED) is 0.649. The van der Waals surface area contributed by atoms with E-state index in [0.29, 0.717) is 0 Å². The van der Waals surface area contributed by atoms with Gasteiger partial charge in [-0.3, -0.25) is 4.21 Å². The monoisotopic (exact) mass is 235 g/mol. The Morgan fingerprint density at radius 3 is 2.47 bits per heavy atom. The summed E-state index contributed by atoms with van der Waals surface area (Å²) in [5.74, 6) is 0. The summed E-state index contributed by atoms with van der Waals surface area (Å²) >= 11 is 0. The van der Waals surface area contributed by atoms with Crippen LogP contribution in [0.25, 0.3) is 0 Å². The summed E-state index contributed by atoms with van der Waals surface area (Å²) < 4.78 is 16.4. The fourth-order valence-electron chi connectivity index (χ4n) is 1.09. The largest absolute Gasteiger partial charge is 0.379 e. The SMILES string of the molecule is COC(C)(C)CCNCCC(C)S(C)=O. The van der Waals surface area contributed by atoms with Crippen molar-refractivity contribution in [2.24, 2.45) is 0 Å². The average molecular weight is 235 g/mol. The van der Waals surface area contributed by atoms with Gasteiger partial charge in [0.25, 0.3) is 0 Å². The van der Waals surface area contributed by atoms with Gasteiger partial charge in [-0.25, -0.2) is 0 Å². The summed E-state index contributed by atoms with van der Waals surface area (Å²) in [6.07, 6.45) is 3.72. The molecular formula is C11H25NO2S. The van der Waals surface area contributed by atoms with Crippen LogP contribution in [0.2, 0.25) is 0 Å². The van der Waals surface area contributed by atoms with Crippen molar-refractivity contribution < 1.29 is 8.95 Å². The Kier molecular flexibility index (Phi) is 7.40. The van der Waals surface area contributed by atoms with Gasteiger partial charge in [0.1, 0.15) is 0 Å². The van der Waals surface area contributed by atoms with Crippen molar-refractivity contribution in [2.45, 2.75) is 44.5 Å². The van der Waals surface area contributed by atoms with Crippen molar-refractivity contribution in [3.63, 3.8) is 0 Å². The molecule has 2 unspecified atom stereocenters. The Labute approximate surface area is 96.4 Å². The topological polar surface area (TPSA) is 38.3 Å². The van der Waals surface area contributed by atoms with E-state index in [9.17, 15) is 4.21 Å². The van der Waals surface area contributed by atoms with E-state index < -0.39 is 10.8 Å². The Hall–Kier alpha value is 0.0700. The summed E-state index contributed by atoms with van der Waals surface area (Å²) in [7, 11) is 1.04. The smallest absolute Gasteiger partial charge is 0.0634 e. The van der Waals surface area contributed by atoms with E-state index in [1.54, 1.807) is 13.4 Å². The highest BCUT2D eigenvalue weighted by atomic mass is 32.2. The van der Waals surface area contributed by atoms with E-state index in [0.717, 1.165) is 25.9 Å². The zero-order valence-corrected chi connectivity index (χ0v) is 11.4. The van der Waals surface area contributed by atoms with Gasteiger partial charge in [0.15, 0.2) is 0 Å². The lowest BCUT2D eigenvalue weighted by atomic mass is 10.1. The molecule has 0 radical (unpaired) electrons. The molecule has 3 nitrogen and oxygen atoms in total. The second kappa shape index (κ2) is 7.36. The normalized spacial score (nSPS) is 16.3. The maximum absolute atomic E-state index is 11.1. The minimum absolute atomic E-state index is 0.0494. The zero-order valence-electron chi connectivity index (χ0n) is 10.6. The van der Waals surface area contributed by atoms with E-state index >= 15 is 0 Å². The molecule has 0 aromatic rings. The van der Waals surface area contributed by atoms with E-state index in [4.69, 9.17) is 4.74 Å². The Morgan fingerprint density at radius 1 is 1.40 bits per heavy atom. The van der Waals surface area contributed by atoms with Crippen LogP contribution in [0.1, 0.15) is 33.6 Å². The minimum Gasteiger partial charge on any atom is -0.379 e. The standard InChI is InChI=1S/C11H25NO2S/c1-10(15(5)13)6-8-12-9-7-11(2,3)14-4/h10,12H,6-9H2,1-5H3. The van der Waals surface area contributed by atoms with Gasteiger partial charge >= 0.3 is 0 Å². The van der Waals surface area contributed by atoms with Gasteiger partial charge in [-0.1, -0.05) is 6.92 Å². The number of hydrogen-bond acceptors (Lipinski definition) is 3. The number of nitrogens with one attached hydrogen (secondary N) is 1. The molecule has 1 N–H and O–H groups in total. The highest BCUT2D eigenvalue weighted by molar-refractivity contribution is 7.84. The average Bonchev–Trinajstić information content (AvgIpc) is 2.16. The summed E-state index contributed by atoms with van der Waals surface area (Å²) in [5.41, 5.74) is -0.0494. The molecule has 0 aliphatic carbocycles. The number of ether oxygens (including phenoxy) is 1. The third-order valence-corrected chi connectivity index (χ3v) is 4.12. The number of methoxy groups -OCH3 is 1. The van der Waals surface area contributed by atoms with E-state index in [1.165, 1.54) is 0 Å². The van der Waals surface area contributed by atoms with Crippen LogP contribution < -0.4 is 5.32 Å². The maximum Gasteiger partial charge on any atom is 0.0634 e. The van der Waals surface area contributed by atoms with Crippen LogP contribution in [0.3, 0.4) is 0 Å². The Bertz CT molecular complexity index is 195. The molecule has 0 bridgehead atoms. The third-order valence-electron chi connectivity index (χ3n) is 2.75.